The number of hydrogen-bond donors (Lipinski definition) is 1. The number of aryl methyl sites for hydroxylation is 1. The Morgan fingerprint density at radius 3 is 2.54 bits per heavy atom. The number of nitrogens with zero attached hydrogens (tertiary/aromatic N) is 3. The summed E-state index contributed by atoms with van der Waals surface area (Å²) in [6.45, 7) is 16.0. The van der Waals surface area contributed by atoms with Gasteiger partial charge < -0.3 is 4.52 Å². The maximum atomic E-state index is 5.11. The van der Waals surface area contributed by atoms with Gasteiger partial charge in [0.15, 0.2) is 5.82 Å². The maximum absolute atomic E-state index is 5.11. The molecule has 132 valence electrons. The first-order valence-electron chi connectivity index (χ1n) is 8.53. The topological polar surface area (TPSA) is 63.8 Å². The number of rotatable bonds is 4. The first-order valence-corrected chi connectivity index (χ1v) is 9.35. The molecular weight excluding hydrogens is 320 g/mol. The van der Waals surface area contributed by atoms with E-state index < -0.39 is 0 Å². The van der Waals surface area contributed by atoms with Gasteiger partial charge in [-0.1, -0.05) is 32.9 Å². The van der Waals surface area contributed by atoms with Gasteiger partial charge in [-0.3, -0.25) is 5.32 Å². The molecule has 6 heteroatoms. The van der Waals surface area contributed by atoms with E-state index in [1.54, 1.807) is 0 Å². The molecule has 0 aromatic carbocycles. The summed E-state index contributed by atoms with van der Waals surface area (Å²) >= 11 is 1.85. The second-order valence-electron chi connectivity index (χ2n) is 8.90. The van der Waals surface area contributed by atoms with E-state index in [4.69, 9.17) is 9.51 Å². The van der Waals surface area contributed by atoms with Crippen molar-refractivity contribution >= 4 is 11.3 Å². The highest BCUT2D eigenvalue weighted by Crippen LogP contribution is 2.47. The Hall–Kier alpha value is -1.27. The summed E-state index contributed by atoms with van der Waals surface area (Å²) in [5.74, 6) is 1.27. The van der Waals surface area contributed by atoms with Crippen LogP contribution in [0.15, 0.2) is 4.52 Å². The van der Waals surface area contributed by atoms with Crippen LogP contribution in [0, 0.1) is 12.3 Å². The second-order valence-corrected chi connectivity index (χ2v) is 9.98. The van der Waals surface area contributed by atoms with Crippen LogP contribution in [0.25, 0.3) is 0 Å². The Kier molecular flexibility index (Phi) is 4.12. The van der Waals surface area contributed by atoms with Gasteiger partial charge in [-0.15, -0.1) is 11.3 Å². The highest BCUT2D eigenvalue weighted by molar-refractivity contribution is 7.11. The van der Waals surface area contributed by atoms with E-state index in [0.29, 0.717) is 17.1 Å². The van der Waals surface area contributed by atoms with Gasteiger partial charge in [-0.2, -0.15) is 4.98 Å². The van der Waals surface area contributed by atoms with E-state index in [9.17, 15) is 0 Å². The van der Waals surface area contributed by atoms with Crippen molar-refractivity contribution in [3.63, 3.8) is 0 Å². The van der Waals surface area contributed by atoms with Crippen LogP contribution in [0.1, 0.15) is 75.3 Å². The molecule has 1 aliphatic rings. The van der Waals surface area contributed by atoms with Gasteiger partial charge in [-0.05, 0) is 32.1 Å². The Morgan fingerprint density at radius 2 is 1.92 bits per heavy atom. The van der Waals surface area contributed by atoms with E-state index in [-0.39, 0.29) is 11.0 Å². The monoisotopic (exact) mass is 348 g/mol. The van der Waals surface area contributed by atoms with Gasteiger partial charge >= 0.3 is 0 Å². The average Bonchev–Trinajstić information content (AvgIpc) is 3.01. The Labute approximate surface area is 148 Å². The molecule has 2 heterocycles. The Balaban J connectivity index is 1.77. The van der Waals surface area contributed by atoms with Crippen molar-refractivity contribution in [2.75, 3.05) is 0 Å². The largest absolute Gasteiger partial charge is 0.340 e. The average molecular weight is 349 g/mol. The van der Waals surface area contributed by atoms with Crippen LogP contribution in [0.5, 0.6) is 0 Å². The van der Waals surface area contributed by atoms with Crippen LogP contribution in [-0.2, 0) is 23.9 Å². The van der Waals surface area contributed by atoms with Crippen LogP contribution < -0.4 is 5.32 Å². The number of aromatic nitrogens is 3. The summed E-state index contributed by atoms with van der Waals surface area (Å²) in [4.78, 5) is 10.7. The Morgan fingerprint density at radius 1 is 1.21 bits per heavy atom. The van der Waals surface area contributed by atoms with E-state index in [1.807, 2.05) is 18.3 Å². The van der Waals surface area contributed by atoms with Crippen molar-refractivity contribution in [1.82, 2.24) is 20.4 Å². The fourth-order valence-electron chi connectivity index (χ4n) is 3.85. The zero-order valence-corrected chi connectivity index (χ0v) is 16.6. The molecule has 0 spiro atoms. The lowest BCUT2D eigenvalue weighted by Crippen LogP contribution is -2.37. The van der Waals surface area contributed by atoms with Gasteiger partial charge in [0.2, 0.25) is 5.89 Å². The zero-order valence-electron chi connectivity index (χ0n) is 15.8. The molecule has 0 radical (unpaired) electrons. The van der Waals surface area contributed by atoms with Crippen LogP contribution >= 0.6 is 11.3 Å². The fourth-order valence-corrected chi connectivity index (χ4v) is 4.97. The first kappa shape index (κ1) is 17.5. The minimum Gasteiger partial charge on any atom is -0.340 e. The van der Waals surface area contributed by atoms with E-state index in [2.05, 4.69) is 57.0 Å². The minimum absolute atomic E-state index is 0.202. The molecule has 1 N–H and O–H groups in total. The van der Waals surface area contributed by atoms with Crippen molar-refractivity contribution in [2.45, 2.75) is 78.8 Å². The third-order valence-electron chi connectivity index (χ3n) is 4.69. The van der Waals surface area contributed by atoms with Crippen molar-refractivity contribution in [3.05, 3.63) is 27.3 Å². The van der Waals surface area contributed by atoms with E-state index in [0.717, 1.165) is 18.0 Å². The standard InChI is InChI=1S/C18H28N4OS/c1-11-20-15(22-23-11)18(6,7)19-9-13-21-12-8-16(2,3)10-17(4,5)14(12)24-13/h19H,8-10H2,1-7H3. The summed E-state index contributed by atoms with van der Waals surface area (Å²) in [5.41, 5.74) is 1.45. The van der Waals surface area contributed by atoms with Crippen LogP contribution in [0.2, 0.25) is 0 Å². The molecular formula is C18H28N4OS. The first-order chi connectivity index (χ1) is 11.0. The molecule has 0 bridgehead atoms. The fraction of sp³-hybridized carbons (Fsp3) is 0.722. The van der Waals surface area contributed by atoms with E-state index >= 15 is 0 Å². The predicted molar refractivity (Wildman–Crippen MR) is 96.1 cm³/mol. The third-order valence-corrected chi connectivity index (χ3v) is 6.15. The molecule has 0 aliphatic heterocycles. The van der Waals surface area contributed by atoms with Gasteiger partial charge in [-0.25, -0.2) is 4.98 Å². The quantitative estimate of drug-likeness (QED) is 0.901. The minimum atomic E-state index is -0.348. The van der Waals surface area contributed by atoms with Crippen molar-refractivity contribution in [1.29, 1.82) is 0 Å². The highest BCUT2D eigenvalue weighted by Gasteiger charge is 2.40. The number of hydrogen-bond acceptors (Lipinski definition) is 6. The predicted octanol–water partition coefficient (Wildman–Crippen LogP) is 4.11. The van der Waals surface area contributed by atoms with Crippen LogP contribution in [0.4, 0.5) is 0 Å². The van der Waals surface area contributed by atoms with Gasteiger partial charge in [0, 0.05) is 23.8 Å². The SMILES string of the molecule is Cc1nc(C(C)(C)NCc2nc3c(s2)C(C)(C)CC(C)(C)C3)no1. The molecule has 0 fully saturated rings. The molecule has 2 aromatic heterocycles. The third kappa shape index (κ3) is 3.40. The lowest BCUT2D eigenvalue weighted by molar-refractivity contribution is 0.232. The number of fused-ring (bicyclic) bond motifs is 1. The number of nitrogens with one attached hydrogen (secondary N) is 1. The highest BCUT2D eigenvalue weighted by atomic mass is 32.1. The smallest absolute Gasteiger partial charge is 0.223 e. The normalized spacial score (nSPS) is 19.3. The summed E-state index contributed by atoms with van der Waals surface area (Å²) in [5, 5.41) is 8.70. The van der Waals surface area contributed by atoms with Gasteiger partial charge in [0.25, 0.3) is 0 Å². The van der Waals surface area contributed by atoms with E-state index in [1.165, 1.54) is 17.0 Å². The van der Waals surface area contributed by atoms with Gasteiger partial charge in [0.1, 0.15) is 5.01 Å². The lowest BCUT2D eigenvalue weighted by Gasteiger charge is -2.39. The Bertz CT molecular complexity index is 742. The molecule has 24 heavy (non-hydrogen) atoms. The summed E-state index contributed by atoms with van der Waals surface area (Å²) < 4.78 is 5.11. The molecule has 0 saturated carbocycles. The number of thiazole rings is 1. The zero-order chi connectivity index (χ0) is 17.8. The van der Waals surface area contributed by atoms with Crippen molar-refractivity contribution < 1.29 is 4.52 Å². The molecule has 0 atom stereocenters. The van der Waals surface area contributed by atoms with Crippen LogP contribution in [0.3, 0.4) is 0 Å². The molecule has 5 nitrogen and oxygen atoms in total. The summed E-state index contributed by atoms with van der Waals surface area (Å²) in [6.07, 6.45) is 2.27. The molecule has 0 amide bonds. The van der Waals surface area contributed by atoms with Gasteiger partial charge in [0.05, 0.1) is 11.2 Å². The molecule has 1 aliphatic carbocycles. The lowest BCUT2D eigenvalue weighted by atomic mass is 9.67. The van der Waals surface area contributed by atoms with Crippen molar-refractivity contribution in [3.8, 4) is 0 Å². The molecule has 0 unspecified atom stereocenters. The second kappa shape index (κ2) is 5.63. The maximum Gasteiger partial charge on any atom is 0.223 e. The summed E-state index contributed by atoms with van der Waals surface area (Å²) in [6, 6.07) is 0. The van der Waals surface area contributed by atoms with Crippen LogP contribution in [-0.4, -0.2) is 15.1 Å². The molecule has 2 aromatic rings. The molecule has 3 rings (SSSR count). The summed E-state index contributed by atoms with van der Waals surface area (Å²) in [7, 11) is 0. The molecule has 0 saturated heterocycles. The van der Waals surface area contributed by atoms with Crippen molar-refractivity contribution in [2.24, 2.45) is 5.41 Å².